The molecule has 3 fully saturated rings. The standard InChI is InChI=1S/C59H102O2/c1-7-8-9-10-11-12-13-14-15-16-17-18-19-20-21-22-23-24-25-26-27-28-29-30-31-32-33-34-35-39-57(60)61-52-44-46-58(5)51(48-52)40-41-53-55-43-42-54(50(4)38-36-37-49(2)3)59(55,6)47-45-56(53)58/h13-14,16-17,19-20,40,49-50,52-56H,7-12,15,18,21-39,41-48H2,1-6H3/b14-13-,17-16-,20-19-. The van der Waals surface area contributed by atoms with E-state index in [1.165, 1.54) is 186 Å². The Bertz CT molecular complexity index is 1290. The fourth-order valence-electron chi connectivity index (χ4n) is 13.3. The minimum Gasteiger partial charge on any atom is -0.462 e. The number of hydrogen-bond donors (Lipinski definition) is 0. The molecule has 4 aliphatic carbocycles. The number of ether oxygens (including phenoxy) is 1. The second kappa shape index (κ2) is 29.8. The number of allylic oxidation sites excluding steroid dienone is 7. The Morgan fingerprint density at radius 3 is 1.79 bits per heavy atom. The summed E-state index contributed by atoms with van der Waals surface area (Å²) >= 11 is 0. The topological polar surface area (TPSA) is 26.3 Å². The van der Waals surface area contributed by atoms with Crippen LogP contribution in [0.1, 0.15) is 266 Å². The molecule has 0 aromatic heterocycles. The Morgan fingerprint density at radius 2 is 1.20 bits per heavy atom. The van der Waals surface area contributed by atoms with Gasteiger partial charge in [0.1, 0.15) is 6.10 Å². The Hall–Kier alpha value is -1.57. The molecular formula is C59H102O2. The lowest BCUT2D eigenvalue weighted by molar-refractivity contribution is -0.151. The van der Waals surface area contributed by atoms with Gasteiger partial charge in [-0.05, 0) is 136 Å². The van der Waals surface area contributed by atoms with E-state index >= 15 is 0 Å². The van der Waals surface area contributed by atoms with Gasteiger partial charge >= 0.3 is 5.97 Å². The third-order valence-corrected chi connectivity index (χ3v) is 17.1. The van der Waals surface area contributed by atoms with Crippen LogP contribution in [0, 0.1) is 46.3 Å². The second-order valence-corrected chi connectivity index (χ2v) is 22.2. The number of hydrogen-bond acceptors (Lipinski definition) is 2. The smallest absolute Gasteiger partial charge is 0.306 e. The Morgan fingerprint density at radius 1 is 0.639 bits per heavy atom. The summed E-state index contributed by atoms with van der Waals surface area (Å²) in [7, 11) is 0. The van der Waals surface area contributed by atoms with Crippen LogP contribution in [0.3, 0.4) is 0 Å². The first-order valence-electron chi connectivity index (χ1n) is 27.5. The van der Waals surface area contributed by atoms with Gasteiger partial charge in [0.25, 0.3) is 0 Å². The average molecular weight is 843 g/mol. The fraction of sp³-hybridized carbons (Fsp3) is 0.847. The van der Waals surface area contributed by atoms with Gasteiger partial charge in [-0.3, -0.25) is 4.79 Å². The fourth-order valence-corrected chi connectivity index (χ4v) is 13.3. The molecule has 0 bridgehead atoms. The van der Waals surface area contributed by atoms with Gasteiger partial charge in [0.05, 0.1) is 0 Å². The van der Waals surface area contributed by atoms with Crippen LogP contribution < -0.4 is 0 Å². The molecular weight excluding hydrogens is 741 g/mol. The summed E-state index contributed by atoms with van der Waals surface area (Å²) in [5, 5.41) is 0. The molecule has 0 heterocycles. The van der Waals surface area contributed by atoms with Gasteiger partial charge in [0.2, 0.25) is 0 Å². The Kier molecular flexibility index (Phi) is 25.4. The van der Waals surface area contributed by atoms with E-state index in [9.17, 15) is 4.79 Å². The average Bonchev–Trinajstić information content (AvgIpc) is 3.60. The predicted molar refractivity (Wildman–Crippen MR) is 267 cm³/mol. The van der Waals surface area contributed by atoms with E-state index in [4.69, 9.17) is 4.74 Å². The second-order valence-electron chi connectivity index (χ2n) is 22.2. The SMILES string of the molecule is CCCCCCC/C=C\C/C=C\C/C=C\CCCCCCCCCCCCCCCCC(=O)OC1CCC2(C)C(=CCC3C2CCC2(C)C(C(C)CCCC(C)C)CCC32)C1. The summed E-state index contributed by atoms with van der Waals surface area (Å²) < 4.78 is 6.17. The van der Waals surface area contributed by atoms with E-state index in [1.54, 1.807) is 5.57 Å². The molecule has 0 aromatic rings. The van der Waals surface area contributed by atoms with E-state index in [0.29, 0.717) is 17.3 Å². The predicted octanol–water partition coefficient (Wildman–Crippen LogP) is 19.0. The Balaban J connectivity index is 0.935. The van der Waals surface area contributed by atoms with Crippen molar-refractivity contribution in [3.8, 4) is 0 Å². The third kappa shape index (κ3) is 18.1. The van der Waals surface area contributed by atoms with E-state index in [-0.39, 0.29) is 12.1 Å². The molecule has 61 heavy (non-hydrogen) atoms. The number of carbonyl (C=O) groups is 1. The molecule has 0 radical (unpaired) electrons. The summed E-state index contributed by atoms with van der Waals surface area (Å²) in [5.41, 5.74) is 2.52. The van der Waals surface area contributed by atoms with E-state index in [1.807, 2.05) is 0 Å². The van der Waals surface area contributed by atoms with Gasteiger partial charge in [-0.15, -0.1) is 0 Å². The monoisotopic (exact) mass is 843 g/mol. The summed E-state index contributed by atoms with van der Waals surface area (Å²) in [6, 6.07) is 0. The van der Waals surface area contributed by atoms with Crippen LogP contribution in [0.4, 0.5) is 0 Å². The van der Waals surface area contributed by atoms with Crippen LogP contribution >= 0.6 is 0 Å². The van der Waals surface area contributed by atoms with Crippen LogP contribution in [0.15, 0.2) is 48.1 Å². The summed E-state index contributed by atoms with van der Waals surface area (Å²) in [6.07, 6.45) is 62.3. The first-order valence-corrected chi connectivity index (χ1v) is 27.5. The lowest BCUT2D eigenvalue weighted by Gasteiger charge is -2.58. The van der Waals surface area contributed by atoms with Crippen molar-refractivity contribution in [2.24, 2.45) is 46.3 Å². The number of rotatable bonds is 33. The van der Waals surface area contributed by atoms with Gasteiger partial charge in [0, 0.05) is 12.8 Å². The lowest BCUT2D eigenvalue weighted by Crippen LogP contribution is -2.51. The molecule has 2 nitrogen and oxygen atoms in total. The first-order chi connectivity index (χ1) is 29.7. The van der Waals surface area contributed by atoms with Crippen LogP contribution in [0.5, 0.6) is 0 Å². The van der Waals surface area contributed by atoms with Gasteiger partial charge in [-0.2, -0.15) is 0 Å². The molecule has 4 aliphatic rings. The maximum absolute atomic E-state index is 12.9. The molecule has 8 unspecified atom stereocenters. The number of carbonyl (C=O) groups excluding carboxylic acids is 1. The molecule has 0 N–H and O–H groups in total. The first kappa shape index (κ1) is 52.1. The highest BCUT2D eigenvalue weighted by molar-refractivity contribution is 5.69. The zero-order valence-electron chi connectivity index (χ0n) is 41.6. The maximum atomic E-state index is 12.9. The van der Waals surface area contributed by atoms with Crippen molar-refractivity contribution in [3.63, 3.8) is 0 Å². The van der Waals surface area contributed by atoms with Gasteiger partial charge in [-0.25, -0.2) is 0 Å². The molecule has 0 spiro atoms. The van der Waals surface area contributed by atoms with E-state index < -0.39 is 0 Å². The molecule has 350 valence electrons. The van der Waals surface area contributed by atoms with Crippen molar-refractivity contribution < 1.29 is 9.53 Å². The minimum absolute atomic E-state index is 0.0635. The van der Waals surface area contributed by atoms with Crippen LogP contribution in [-0.4, -0.2) is 12.1 Å². The van der Waals surface area contributed by atoms with Gasteiger partial charge < -0.3 is 4.74 Å². The zero-order valence-corrected chi connectivity index (χ0v) is 41.6. The lowest BCUT2D eigenvalue weighted by atomic mass is 9.47. The zero-order chi connectivity index (χ0) is 43.6. The van der Waals surface area contributed by atoms with Crippen molar-refractivity contribution in [3.05, 3.63) is 48.1 Å². The molecule has 0 saturated heterocycles. The maximum Gasteiger partial charge on any atom is 0.306 e. The van der Waals surface area contributed by atoms with Crippen molar-refractivity contribution in [2.45, 2.75) is 272 Å². The molecule has 0 aromatic carbocycles. The van der Waals surface area contributed by atoms with E-state index in [0.717, 1.165) is 67.6 Å². The van der Waals surface area contributed by atoms with E-state index in [2.05, 4.69) is 84.1 Å². The molecule has 2 heteroatoms. The Labute approximate surface area is 380 Å². The highest BCUT2D eigenvalue weighted by Gasteiger charge is 2.59. The molecule has 3 saturated carbocycles. The molecule has 4 rings (SSSR count). The molecule has 0 aliphatic heterocycles. The summed E-state index contributed by atoms with van der Waals surface area (Å²) in [4.78, 5) is 12.9. The molecule has 0 amide bonds. The van der Waals surface area contributed by atoms with Crippen molar-refractivity contribution in [1.29, 1.82) is 0 Å². The summed E-state index contributed by atoms with van der Waals surface area (Å²) in [6.45, 7) is 15.0. The van der Waals surface area contributed by atoms with Crippen molar-refractivity contribution in [1.82, 2.24) is 0 Å². The highest BCUT2D eigenvalue weighted by atomic mass is 16.5. The number of esters is 1. The number of fused-ring (bicyclic) bond motifs is 5. The van der Waals surface area contributed by atoms with Gasteiger partial charge in [0.15, 0.2) is 0 Å². The number of unbranched alkanes of at least 4 members (excludes halogenated alkanes) is 19. The van der Waals surface area contributed by atoms with Crippen molar-refractivity contribution >= 4 is 5.97 Å². The van der Waals surface area contributed by atoms with Gasteiger partial charge in [-0.1, -0.05) is 212 Å². The quantitative estimate of drug-likeness (QED) is 0.0374. The van der Waals surface area contributed by atoms with Crippen LogP contribution in [-0.2, 0) is 9.53 Å². The van der Waals surface area contributed by atoms with Crippen LogP contribution in [0.2, 0.25) is 0 Å². The normalized spacial score (nSPS) is 28.1. The highest BCUT2D eigenvalue weighted by Crippen LogP contribution is 2.67. The van der Waals surface area contributed by atoms with Crippen molar-refractivity contribution in [2.75, 3.05) is 0 Å². The third-order valence-electron chi connectivity index (χ3n) is 17.1. The molecule has 8 atom stereocenters. The largest absolute Gasteiger partial charge is 0.462 e. The minimum atomic E-state index is 0.0635. The van der Waals surface area contributed by atoms with Crippen LogP contribution in [0.25, 0.3) is 0 Å². The summed E-state index contributed by atoms with van der Waals surface area (Å²) in [5.74, 6) is 5.31.